The van der Waals surface area contributed by atoms with Crippen molar-refractivity contribution in [2.75, 3.05) is 31.1 Å². The van der Waals surface area contributed by atoms with E-state index >= 15 is 0 Å². The van der Waals surface area contributed by atoms with Gasteiger partial charge >= 0.3 is 0 Å². The Morgan fingerprint density at radius 1 is 0.963 bits per heavy atom. The molecule has 0 radical (unpaired) electrons. The lowest BCUT2D eigenvalue weighted by Gasteiger charge is -2.35. The average molecular weight is 389 g/mol. The van der Waals surface area contributed by atoms with Crippen LogP contribution in [0, 0.1) is 10.1 Å². The molecule has 0 spiro atoms. The number of piperazine rings is 1. The predicted octanol–water partition coefficient (Wildman–Crippen LogP) is 2.31. The van der Waals surface area contributed by atoms with E-state index in [9.17, 15) is 23.3 Å². The Balaban J connectivity index is 1.68. The number of hydrogen-bond acceptors (Lipinski definition) is 6. The van der Waals surface area contributed by atoms with Gasteiger partial charge in [0.2, 0.25) is 10.0 Å². The van der Waals surface area contributed by atoms with Gasteiger partial charge in [-0.3, -0.25) is 14.9 Å². The van der Waals surface area contributed by atoms with E-state index in [1.54, 1.807) is 12.1 Å². The second-order valence-electron chi connectivity index (χ2n) is 6.25. The number of rotatable bonds is 5. The quantitative estimate of drug-likeness (QED) is 0.442. The Bertz CT molecular complexity index is 947. The first-order chi connectivity index (χ1) is 12.8. The number of nitrogens with zero attached hydrogens (tertiary/aromatic N) is 3. The van der Waals surface area contributed by atoms with Crippen molar-refractivity contribution in [3.8, 4) is 0 Å². The number of benzene rings is 2. The highest BCUT2D eigenvalue weighted by molar-refractivity contribution is 7.89. The topological polar surface area (TPSA) is 101 Å². The molecule has 142 valence electrons. The van der Waals surface area contributed by atoms with Gasteiger partial charge in [0.25, 0.3) is 5.69 Å². The molecule has 9 heteroatoms. The lowest BCUT2D eigenvalue weighted by molar-refractivity contribution is -0.384. The highest BCUT2D eigenvalue weighted by atomic mass is 32.2. The number of Topliss-reactive ketones (excluding diaryl/α,β-unsaturated/α-hetero) is 1. The Kier molecular flexibility index (Phi) is 5.24. The van der Waals surface area contributed by atoms with Crippen LogP contribution < -0.4 is 4.90 Å². The molecule has 2 aromatic carbocycles. The van der Waals surface area contributed by atoms with Crippen LogP contribution >= 0.6 is 0 Å². The Hall–Kier alpha value is -2.78. The van der Waals surface area contributed by atoms with E-state index in [1.807, 2.05) is 12.1 Å². The minimum Gasteiger partial charge on any atom is -0.369 e. The second-order valence-corrected chi connectivity index (χ2v) is 8.18. The smallest absolute Gasteiger partial charge is 0.269 e. The number of non-ortho nitro benzene ring substituents is 1. The highest BCUT2D eigenvalue weighted by Gasteiger charge is 2.29. The van der Waals surface area contributed by atoms with Gasteiger partial charge in [-0.2, -0.15) is 4.31 Å². The van der Waals surface area contributed by atoms with Gasteiger partial charge in [0.15, 0.2) is 5.78 Å². The number of carbonyl (C=O) groups excluding carboxylic acids is 1. The molecule has 1 saturated heterocycles. The van der Waals surface area contributed by atoms with Gasteiger partial charge in [-0.15, -0.1) is 0 Å². The van der Waals surface area contributed by atoms with Gasteiger partial charge in [0, 0.05) is 49.6 Å². The molecular weight excluding hydrogens is 370 g/mol. The van der Waals surface area contributed by atoms with Crippen LogP contribution in [-0.4, -0.2) is 49.6 Å². The van der Waals surface area contributed by atoms with Crippen molar-refractivity contribution < 1.29 is 18.1 Å². The van der Waals surface area contributed by atoms with Gasteiger partial charge in [0.05, 0.1) is 9.82 Å². The van der Waals surface area contributed by atoms with Crippen LogP contribution in [-0.2, 0) is 10.0 Å². The molecule has 1 aliphatic heterocycles. The summed E-state index contributed by atoms with van der Waals surface area (Å²) in [4.78, 5) is 23.6. The molecule has 0 N–H and O–H groups in total. The fourth-order valence-electron chi connectivity index (χ4n) is 2.98. The van der Waals surface area contributed by atoms with E-state index in [0.717, 1.165) is 5.69 Å². The molecule has 1 aliphatic rings. The zero-order chi connectivity index (χ0) is 19.6. The number of carbonyl (C=O) groups is 1. The van der Waals surface area contributed by atoms with Crippen molar-refractivity contribution in [2.24, 2.45) is 0 Å². The first-order valence-electron chi connectivity index (χ1n) is 8.39. The number of nitro groups is 1. The van der Waals surface area contributed by atoms with Crippen molar-refractivity contribution in [1.29, 1.82) is 0 Å². The van der Waals surface area contributed by atoms with Gasteiger partial charge < -0.3 is 4.90 Å². The van der Waals surface area contributed by atoms with Gasteiger partial charge in [-0.1, -0.05) is 0 Å². The summed E-state index contributed by atoms with van der Waals surface area (Å²) in [5.41, 5.74) is 1.43. The summed E-state index contributed by atoms with van der Waals surface area (Å²) in [5, 5.41) is 10.7. The van der Waals surface area contributed by atoms with Gasteiger partial charge in [0.1, 0.15) is 0 Å². The molecule has 8 nitrogen and oxygen atoms in total. The fourth-order valence-corrected chi connectivity index (χ4v) is 4.40. The zero-order valence-corrected chi connectivity index (χ0v) is 15.6. The van der Waals surface area contributed by atoms with Crippen molar-refractivity contribution in [3.05, 3.63) is 64.2 Å². The van der Waals surface area contributed by atoms with E-state index in [4.69, 9.17) is 0 Å². The largest absolute Gasteiger partial charge is 0.369 e. The maximum Gasteiger partial charge on any atom is 0.269 e. The number of hydrogen-bond donors (Lipinski definition) is 0. The fraction of sp³-hybridized carbons (Fsp3) is 0.278. The molecule has 3 rings (SSSR count). The van der Waals surface area contributed by atoms with Crippen LogP contribution in [0.15, 0.2) is 53.4 Å². The SMILES string of the molecule is CC(=O)c1ccc(N2CCN(S(=O)(=O)c3ccc([N+](=O)[O-])cc3)CC2)cc1. The molecular formula is C18H19N3O5S. The first-order valence-corrected chi connectivity index (χ1v) is 9.83. The molecule has 0 saturated carbocycles. The molecule has 1 heterocycles. The van der Waals surface area contributed by atoms with E-state index in [1.165, 1.54) is 35.5 Å². The van der Waals surface area contributed by atoms with Gasteiger partial charge in [-0.25, -0.2) is 8.42 Å². The summed E-state index contributed by atoms with van der Waals surface area (Å²) in [6, 6.07) is 12.2. The number of ketones is 1. The zero-order valence-electron chi connectivity index (χ0n) is 14.7. The van der Waals surface area contributed by atoms with E-state index in [2.05, 4.69) is 4.90 Å². The van der Waals surface area contributed by atoms with Crippen LogP contribution in [0.1, 0.15) is 17.3 Å². The molecule has 0 amide bonds. The van der Waals surface area contributed by atoms with E-state index in [-0.39, 0.29) is 16.4 Å². The van der Waals surface area contributed by atoms with E-state index in [0.29, 0.717) is 31.7 Å². The maximum atomic E-state index is 12.7. The lowest BCUT2D eigenvalue weighted by atomic mass is 10.1. The summed E-state index contributed by atoms with van der Waals surface area (Å²) in [7, 11) is -3.69. The summed E-state index contributed by atoms with van der Waals surface area (Å²) in [6.45, 7) is 3.18. The Labute approximate surface area is 157 Å². The number of nitro benzene ring substituents is 1. The molecule has 1 fully saturated rings. The highest BCUT2D eigenvalue weighted by Crippen LogP contribution is 2.23. The standard InChI is InChI=1S/C18H19N3O5S/c1-14(22)15-2-4-16(5-3-15)19-10-12-20(13-11-19)27(25,26)18-8-6-17(7-9-18)21(23)24/h2-9H,10-13H2,1H3. The Morgan fingerprint density at radius 3 is 2.00 bits per heavy atom. The monoisotopic (exact) mass is 389 g/mol. The summed E-state index contributed by atoms with van der Waals surface area (Å²) in [6.07, 6.45) is 0. The molecule has 27 heavy (non-hydrogen) atoms. The molecule has 0 aromatic heterocycles. The van der Waals surface area contributed by atoms with Crippen LogP contribution in [0.4, 0.5) is 11.4 Å². The molecule has 0 bridgehead atoms. The van der Waals surface area contributed by atoms with Crippen molar-refractivity contribution in [1.82, 2.24) is 4.31 Å². The van der Waals surface area contributed by atoms with E-state index < -0.39 is 14.9 Å². The van der Waals surface area contributed by atoms with Crippen LogP contribution in [0.3, 0.4) is 0 Å². The number of sulfonamides is 1. The van der Waals surface area contributed by atoms with Crippen LogP contribution in [0.25, 0.3) is 0 Å². The second kappa shape index (κ2) is 7.45. The molecule has 0 unspecified atom stereocenters. The molecule has 0 atom stereocenters. The first kappa shape index (κ1) is 19.0. The molecule has 2 aromatic rings. The Morgan fingerprint density at radius 2 is 1.52 bits per heavy atom. The van der Waals surface area contributed by atoms with Crippen molar-refractivity contribution >= 4 is 27.2 Å². The lowest BCUT2D eigenvalue weighted by Crippen LogP contribution is -2.48. The third kappa shape index (κ3) is 3.99. The van der Waals surface area contributed by atoms with Crippen molar-refractivity contribution in [3.63, 3.8) is 0 Å². The minimum atomic E-state index is -3.69. The third-order valence-corrected chi connectivity index (χ3v) is 6.48. The maximum absolute atomic E-state index is 12.7. The molecule has 0 aliphatic carbocycles. The summed E-state index contributed by atoms with van der Waals surface area (Å²) in [5.74, 6) is 0.000519. The third-order valence-electron chi connectivity index (χ3n) is 4.56. The summed E-state index contributed by atoms with van der Waals surface area (Å²) < 4.78 is 26.8. The normalized spacial score (nSPS) is 15.5. The predicted molar refractivity (Wildman–Crippen MR) is 101 cm³/mol. The van der Waals surface area contributed by atoms with Crippen LogP contribution in [0.2, 0.25) is 0 Å². The number of anilines is 1. The van der Waals surface area contributed by atoms with Crippen LogP contribution in [0.5, 0.6) is 0 Å². The minimum absolute atomic E-state index is 0.000519. The summed E-state index contributed by atoms with van der Waals surface area (Å²) >= 11 is 0. The van der Waals surface area contributed by atoms with Gasteiger partial charge in [-0.05, 0) is 43.3 Å². The average Bonchev–Trinajstić information content (AvgIpc) is 2.68. The van der Waals surface area contributed by atoms with Crippen molar-refractivity contribution in [2.45, 2.75) is 11.8 Å².